The fourth-order valence-electron chi connectivity index (χ4n) is 2.58. The van der Waals surface area contributed by atoms with E-state index in [1.165, 1.54) is 4.90 Å². The van der Waals surface area contributed by atoms with Crippen molar-refractivity contribution >= 4 is 11.9 Å². The van der Waals surface area contributed by atoms with Crippen LogP contribution in [0, 0.1) is 0 Å². The maximum atomic E-state index is 12.5. The summed E-state index contributed by atoms with van der Waals surface area (Å²) < 4.78 is 5.16. The predicted octanol–water partition coefficient (Wildman–Crippen LogP) is 1.67. The zero-order chi connectivity index (χ0) is 15.5. The van der Waals surface area contributed by atoms with Crippen LogP contribution < -0.4 is 0 Å². The lowest BCUT2D eigenvalue weighted by Gasteiger charge is -2.35. The van der Waals surface area contributed by atoms with Crippen molar-refractivity contribution in [1.29, 1.82) is 0 Å². The van der Waals surface area contributed by atoms with Crippen molar-refractivity contribution in [3.63, 3.8) is 0 Å². The molecule has 1 N–H and O–H groups in total. The van der Waals surface area contributed by atoms with E-state index in [2.05, 4.69) is 0 Å². The van der Waals surface area contributed by atoms with Crippen LogP contribution in [-0.2, 0) is 19.7 Å². The molecule has 1 unspecified atom stereocenters. The standard InChI is InChI=1S/C16H21NO4/c1-16(2,12-6-4-3-5-7-12)10-14(18)17-8-9-21-11-13(17)15(19)20/h3-7,13H,8-11H2,1-2H3,(H,19,20). The molecule has 1 aromatic rings. The van der Waals surface area contributed by atoms with Crippen LogP contribution in [0.25, 0.3) is 0 Å². The summed E-state index contributed by atoms with van der Waals surface area (Å²) in [5.74, 6) is -1.15. The van der Waals surface area contributed by atoms with Gasteiger partial charge in [0.15, 0.2) is 6.04 Å². The molecule has 0 bridgehead atoms. The molecule has 21 heavy (non-hydrogen) atoms. The molecule has 114 valence electrons. The van der Waals surface area contributed by atoms with Crippen molar-refractivity contribution in [3.05, 3.63) is 35.9 Å². The fourth-order valence-corrected chi connectivity index (χ4v) is 2.58. The smallest absolute Gasteiger partial charge is 0.328 e. The number of nitrogens with zero attached hydrogens (tertiary/aromatic N) is 1. The number of morpholine rings is 1. The number of carbonyl (C=O) groups is 2. The van der Waals surface area contributed by atoms with Gasteiger partial charge in [0.25, 0.3) is 0 Å². The van der Waals surface area contributed by atoms with E-state index in [9.17, 15) is 14.7 Å². The number of ether oxygens (including phenoxy) is 1. The molecule has 0 aliphatic carbocycles. The molecule has 0 saturated carbocycles. The number of amides is 1. The average Bonchev–Trinajstić information content (AvgIpc) is 2.47. The van der Waals surface area contributed by atoms with Crippen molar-refractivity contribution in [3.8, 4) is 0 Å². The second kappa shape index (κ2) is 6.26. The van der Waals surface area contributed by atoms with Gasteiger partial charge in [0, 0.05) is 13.0 Å². The molecule has 1 amide bonds. The van der Waals surface area contributed by atoms with Gasteiger partial charge in [-0.2, -0.15) is 0 Å². The Morgan fingerprint density at radius 3 is 2.62 bits per heavy atom. The Balaban J connectivity index is 2.11. The Kier molecular flexibility index (Phi) is 4.63. The van der Waals surface area contributed by atoms with Gasteiger partial charge in [-0.05, 0) is 11.0 Å². The molecule has 1 saturated heterocycles. The van der Waals surface area contributed by atoms with E-state index in [0.717, 1.165) is 5.56 Å². The van der Waals surface area contributed by atoms with Crippen LogP contribution >= 0.6 is 0 Å². The Morgan fingerprint density at radius 2 is 2.00 bits per heavy atom. The third-order valence-corrected chi connectivity index (χ3v) is 3.88. The van der Waals surface area contributed by atoms with Gasteiger partial charge in [0.2, 0.25) is 5.91 Å². The van der Waals surface area contributed by atoms with Gasteiger partial charge < -0.3 is 14.7 Å². The van der Waals surface area contributed by atoms with Crippen LogP contribution in [0.5, 0.6) is 0 Å². The number of hydrogen-bond acceptors (Lipinski definition) is 3. The van der Waals surface area contributed by atoms with Crippen LogP contribution in [0.15, 0.2) is 30.3 Å². The lowest BCUT2D eigenvalue weighted by molar-refractivity contribution is -0.158. The predicted molar refractivity (Wildman–Crippen MR) is 78.0 cm³/mol. The Bertz CT molecular complexity index is 512. The Hall–Kier alpha value is -1.88. The second-order valence-corrected chi connectivity index (χ2v) is 5.94. The molecule has 1 aliphatic heterocycles. The number of rotatable bonds is 4. The first kappa shape index (κ1) is 15.5. The van der Waals surface area contributed by atoms with E-state index < -0.39 is 12.0 Å². The number of carbonyl (C=O) groups excluding carboxylic acids is 1. The van der Waals surface area contributed by atoms with Crippen LogP contribution in [-0.4, -0.2) is 47.7 Å². The van der Waals surface area contributed by atoms with Crippen molar-refractivity contribution in [2.75, 3.05) is 19.8 Å². The van der Waals surface area contributed by atoms with Gasteiger partial charge in [-0.1, -0.05) is 44.2 Å². The Morgan fingerprint density at radius 1 is 1.33 bits per heavy atom. The van der Waals surface area contributed by atoms with Gasteiger partial charge in [-0.25, -0.2) is 4.79 Å². The molecule has 5 heteroatoms. The number of carboxylic acid groups (broad SMARTS) is 1. The normalized spacial score (nSPS) is 19.3. The highest BCUT2D eigenvalue weighted by atomic mass is 16.5. The molecule has 0 spiro atoms. The minimum atomic E-state index is -1.01. The quantitative estimate of drug-likeness (QED) is 0.916. The third kappa shape index (κ3) is 3.61. The number of benzene rings is 1. The molecule has 1 heterocycles. The van der Waals surface area contributed by atoms with Gasteiger partial charge in [0.1, 0.15) is 0 Å². The van der Waals surface area contributed by atoms with Crippen molar-refractivity contribution in [2.45, 2.75) is 31.7 Å². The molecule has 1 aromatic carbocycles. The molecule has 1 atom stereocenters. The van der Waals surface area contributed by atoms with Crippen LogP contribution in [0.4, 0.5) is 0 Å². The third-order valence-electron chi connectivity index (χ3n) is 3.88. The minimum absolute atomic E-state index is 0.0623. The van der Waals surface area contributed by atoms with Gasteiger partial charge in [0.05, 0.1) is 13.2 Å². The summed E-state index contributed by atoms with van der Waals surface area (Å²) >= 11 is 0. The van der Waals surface area contributed by atoms with E-state index in [0.29, 0.717) is 13.2 Å². The summed E-state index contributed by atoms with van der Waals surface area (Å²) in [7, 11) is 0. The van der Waals surface area contributed by atoms with Gasteiger partial charge in [-0.15, -0.1) is 0 Å². The molecule has 2 rings (SSSR count). The Labute approximate surface area is 124 Å². The lowest BCUT2D eigenvalue weighted by atomic mass is 9.81. The SMILES string of the molecule is CC(C)(CC(=O)N1CCOCC1C(=O)O)c1ccccc1. The molecular weight excluding hydrogens is 270 g/mol. The summed E-state index contributed by atoms with van der Waals surface area (Å²) in [5.41, 5.74) is 0.734. The first-order valence-electron chi connectivity index (χ1n) is 7.07. The van der Waals surface area contributed by atoms with E-state index in [4.69, 9.17) is 4.74 Å². The summed E-state index contributed by atoms with van der Waals surface area (Å²) in [6.07, 6.45) is 0.279. The molecule has 0 aromatic heterocycles. The summed E-state index contributed by atoms with van der Waals surface area (Å²) in [6, 6.07) is 8.91. The summed E-state index contributed by atoms with van der Waals surface area (Å²) in [5, 5.41) is 9.20. The average molecular weight is 291 g/mol. The molecule has 0 radical (unpaired) electrons. The van der Waals surface area contributed by atoms with Crippen molar-refractivity contribution in [2.24, 2.45) is 0 Å². The summed E-state index contributed by atoms with van der Waals surface area (Å²) in [4.78, 5) is 25.2. The van der Waals surface area contributed by atoms with E-state index in [-0.39, 0.29) is 24.3 Å². The highest BCUT2D eigenvalue weighted by Crippen LogP contribution is 2.28. The van der Waals surface area contributed by atoms with Crippen molar-refractivity contribution < 1.29 is 19.4 Å². The van der Waals surface area contributed by atoms with Crippen LogP contribution in [0.1, 0.15) is 25.8 Å². The first-order chi connectivity index (χ1) is 9.92. The van der Waals surface area contributed by atoms with Gasteiger partial charge >= 0.3 is 5.97 Å². The monoisotopic (exact) mass is 291 g/mol. The lowest BCUT2D eigenvalue weighted by Crippen LogP contribution is -2.53. The van der Waals surface area contributed by atoms with Gasteiger partial charge in [-0.3, -0.25) is 4.79 Å². The largest absolute Gasteiger partial charge is 0.480 e. The summed E-state index contributed by atoms with van der Waals surface area (Å²) in [6.45, 7) is 4.78. The fraction of sp³-hybridized carbons (Fsp3) is 0.500. The number of hydrogen-bond donors (Lipinski definition) is 1. The second-order valence-electron chi connectivity index (χ2n) is 5.94. The van der Waals surface area contributed by atoms with E-state index in [1.807, 2.05) is 44.2 Å². The maximum absolute atomic E-state index is 12.5. The molecule has 1 aliphatic rings. The highest BCUT2D eigenvalue weighted by molar-refractivity contribution is 5.84. The molecule has 5 nitrogen and oxygen atoms in total. The molecule has 1 fully saturated rings. The first-order valence-corrected chi connectivity index (χ1v) is 7.07. The maximum Gasteiger partial charge on any atom is 0.328 e. The molecular formula is C16H21NO4. The van der Waals surface area contributed by atoms with Crippen molar-refractivity contribution in [1.82, 2.24) is 4.90 Å². The van der Waals surface area contributed by atoms with Crippen LogP contribution in [0.2, 0.25) is 0 Å². The minimum Gasteiger partial charge on any atom is -0.480 e. The van der Waals surface area contributed by atoms with Crippen LogP contribution in [0.3, 0.4) is 0 Å². The van der Waals surface area contributed by atoms with E-state index in [1.54, 1.807) is 0 Å². The zero-order valence-electron chi connectivity index (χ0n) is 12.4. The zero-order valence-corrected chi connectivity index (χ0v) is 12.4. The number of carboxylic acids is 1. The highest BCUT2D eigenvalue weighted by Gasteiger charge is 2.35. The number of aliphatic carboxylic acids is 1. The van der Waals surface area contributed by atoms with E-state index >= 15 is 0 Å². The topological polar surface area (TPSA) is 66.8 Å².